The van der Waals surface area contributed by atoms with Gasteiger partial charge in [0.2, 0.25) is 0 Å². The van der Waals surface area contributed by atoms with E-state index in [-0.39, 0.29) is 18.2 Å². The van der Waals surface area contributed by atoms with Crippen LogP contribution in [0.1, 0.15) is 16.1 Å². The van der Waals surface area contributed by atoms with Gasteiger partial charge >= 0.3 is 5.69 Å². The Morgan fingerprint density at radius 2 is 1.88 bits per heavy atom. The fraction of sp³-hybridized carbons (Fsp3) is 0.412. The van der Waals surface area contributed by atoms with E-state index in [1.807, 2.05) is 12.1 Å². The van der Waals surface area contributed by atoms with Crippen LogP contribution in [-0.4, -0.2) is 49.2 Å². The third kappa shape index (κ3) is 3.25. The van der Waals surface area contributed by atoms with Crippen LogP contribution in [0.15, 0.2) is 40.2 Å². The van der Waals surface area contributed by atoms with Gasteiger partial charge in [-0.2, -0.15) is 0 Å². The van der Waals surface area contributed by atoms with E-state index in [0.29, 0.717) is 13.0 Å². The molecule has 0 saturated carbocycles. The monoisotopic (exact) mass is 344 g/mol. The number of β-amino-alcohol motifs (C(OH)–C–C–N with tert-alkyl or cyclic N) is 1. The first kappa shape index (κ1) is 17.1. The van der Waals surface area contributed by atoms with Gasteiger partial charge in [-0.3, -0.25) is 23.7 Å². The molecule has 132 valence electrons. The molecule has 1 N–H and O–H groups in total. The number of likely N-dealkylation sites (tertiary alicyclic amines) is 1. The van der Waals surface area contributed by atoms with Crippen molar-refractivity contribution >= 4 is 5.91 Å². The van der Waals surface area contributed by atoms with Crippen molar-refractivity contribution in [1.82, 2.24) is 19.0 Å². The van der Waals surface area contributed by atoms with Crippen molar-refractivity contribution in [3.8, 4) is 0 Å². The molecule has 2 aromatic heterocycles. The highest BCUT2D eigenvalue weighted by molar-refractivity contribution is 5.92. The molecular weight excluding hydrogens is 324 g/mol. The highest BCUT2D eigenvalue weighted by Crippen LogP contribution is 2.22. The fourth-order valence-electron chi connectivity index (χ4n) is 3.14. The normalized spacial score (nSPS) is 20.0. The van der Waals surface area contributed by atoms with Crippen LogP contribution >= 0.6 is 0 Å². The van der Waals surface area contributed by atoms with E-state index in [4.69, 9.17) is 0 Å². The second-order valence-corrected chi connectivity index (χ2v) is 6.37. The van der Waals surface area contributed by atoms with E-state index in [1.54, 1.807) is 12.4 Å². The number of nitrogens with zero attached hydrogens (tertiary/aromatic N) is 4. The maximum Gasteiger partial charge on any atom is 0.331 e. The van der Waals surface area contributed by atoms with Crippen molar-refractivity contribution in [1.29, 1.82) is 0 Å². The fourth-order valence-corrected chi connectivity index (χ4v) is 3.14. The molecule has 2 aromatic rings. The van der Waals surface area contributed by atoms with Crippen LogP contribution in [0.2, 0.25) is 0 Å². The summed E-state index contributed by atoms with van der Waals surface area (Å²) in [7, 11) is 2.82. The summed E-state index contributed by atoms with van der Waals surface area (Å²) in [5.41, 5.74) is -0.0114. The Morgan fingerprint density at radius 1 is 1.20 bits per heavy atom. The topological polar surface area (TPSA) is 97.4 Å². The lowest BCUT2D eigenvalue weighted by molar-refractivity contribution is 0.0753. The van der Waals surface area contributed by atoms with E-state index >= 15 is 0 Å². The number of aliphatic hydroxyl groups excluding tert-OH is 1. The molecule has 3 heterocycles. The van der Waals surface area contributed by atoms with Crippen molar-refractivity contribution in [2.24, 2.45) is 20.0 Å². The number of amides is 1. The van der Waals surface area contributed by atoms with Crippen LogP contribution in [0.4, 0.5) is 0 Å². The van der Waals surface area contributed by atoms with E-state index < -0.39 is 23.3 Å². The molecular formula is C17H20N4O4. The van der Waals surface area contributed by atoms with Gasteiger partial charge in [0.25, 0.3) is 11.5 Å². The van der Waals surface area contributed by atoms with Crippen molar-refractivity contribution in [2.45, 2.75) is 12.5 Å². The molecule has 1 saturated heterocycles. The molecule has 0 aromatic carbocycles. The van der Waals surface area contributed by atoms with E-state index in [0.717, 1.165) is 20.8 Å². The second-order valence-electron chi connectivity index (χ2n) is 6.37. The lowest BCUT2D eigenvalue weighted by atomic mass is 9.97. The maximum absolute atomic E-state index is 12.7. The van der Waals surface area contributed by atoms with Crippen LogP contribution in [0.5, 0.6) is 0 Å². The number of pyridine rings is 1. The molecule has 0 radical (unpaired) electrons. The van der Waals surface area contributed by atoms with Gasteiger partial charge in [0.1, 0.15) is 5.69 Å². The van der Waals surface area contributed by atoms with E-state index in [9.17, 15) is 19.5 Å². The molecule has 0 spiro atoms. The Balaban J connectivity index is 1.81. The van der Waals surface area contributed by atoms with Crippen LogP contribution in [0.3, 0.4) is 0 Å². The number of carbonyl (C=O) groups is 1. The zero-order chi connectivity index (χ0) is 18.1. The SMILES string of the molecule is Cn1c(C(=O)N2C[C@@H](Cc3ccncc3)[C@H](O)C2)cc(=O)n(C)c1=O. The number of aliphatic hydroxyl groups is 1. The van der Waals surface area contributed by atoms with Crippen LogP contribution < -0.4 is 11.2 Å². The van der Waals surface area contributed by atoms with Gasteiger partial charge < -0.3 is 10.0 Å². The summed E-state index contributed by atoms with van der Waals surface area (Å²) in [5.74, 6) is -0.525. The first-order valence-corrected chi connectivity index (χ1v) is 8.01. The molecule has 8 nitrogen and oxygen atoms in total. The van der Waals surface area contributed by atoms with Gasteiger partial charge in [-0.15, -0.1) is 0 Å². The molecule has 0 bridgehead atoms. The lowest BCUT2D eigenvalue weighted by Gasteiger charge is -2.18. The summed E-state index contributed by atoms with van der Waals surface area (Å²) >= 11 is 0. The number of aromatic nitrogens is 3. The van der Waals surface area contributed by atoms with Crippen molar-refractivity contribution < 1.29 is 9.90 Å². The highest BCUT2D eigenvalue weighted by atomic mass is 16.3. The molecule has 1 amide bonds. The summed E-state index contributed by atoms with van der Waals surface area (Å²) in [5, 5.41) is 10.3. The molecule has 8 heteroatoms. The minimum absolute atomic E-state index is 0.0323. The predicted octanol–water partition coefficient (Wildman–Crippen LogP) is -0.845. The molecule has 0 unspecified atom stereocenters. The Morgan fingerprint density at radius 3 is 2.56 bits per heavy atom. The molecule has 25 heavy (non-hydrogen) atoms. The van der Waals surface area contributed by atoms with E-state index in [1.165, 1.54) is 19.0 Å². The molecule has 1 aliphatic rings. The minimum Gasteiger partial charge on any atom is -0.391 e. The Labute approximate surface area is 144 Å². The van der Waals surface area contributed by atoms with Crippen molar-refractivity contribution in [3.63, 3.8) is 0 Å². The van der Waals surface area contributed by atoms with Crippen LogP contribution in [0.25, 0.3) is 0 Å². The van der Waals surface area contributed by atoms with Gasteiger partial charge in [-0.05, 0) is 24.1 Å². The average Bonchev–Trinajstić information content (AvgIpc) is 2.97. The Kier molecular flexibility index (Phi) is 4.54. The predicted molar refractivity (Wildman–Crippen MR) is 90.3 cm³/mol. The summed E-state index contributed by atoms with van der Waals surface area (Å²) in [6.07, 6.45) is 3.35. The molecule has 2 atom stereocenters. The summed E-state index contributed by atoms with van der Waals surface area (Å²) in [6.45, 7) is 0.545. The number of rotatable bonds is 3. The molecule has 0 aliphatic carbocycles. The van der Waals surface area contributed by atoms with Gasteiger partial charge in [0.05, 0.1) is 6.10 Å². The Hall–Kier alpha value is -2.74. The first-order chi connectivity index (χ1) is 11.9. The standard InChI is InChI=1S/C17H20N4O4/c1-19-13(8-15(23)20(2)17(19)25)16(24)21-9-12(14(22)10-21)7-11-3-5-18-6-4-11/h3-6,8,12,14,22H,7,9-10H2,1-2H3/t12-,14-/m1/s1. The summed E-state index contributed by atoms with van der Waals surface area (Å²) in [4.78, 5) is 42.0. The van der Waals surface area contributed by atoms with Gasteiger partial charge in [0, 0.05) is 51.6 Å². The minimum atomic E-state index is -0.652. The lowest BCUT2D eigenvalue weighted by Crippen LogP contribution is -2.42. The zero-order valence-electron chi connectivity index (χ0n) is 14.1. The molecule has 3 rings (SSSR count). The van der Waals surface area contributed by atoms with Gasteiger partial charge in [0.15, 0.2) is 0 Å². The largest absolute Gasteiger partial charge is 0.391 e. The van der Waals surface area contributed by atoms with Gasteiger partial charge in [-0.1, -0.05) is 0 Å². The average molecular weight is 344 g/mol. The zero-order valence-corrected chi connectivity index (χ0v) is 14.1. The third-order valence-corrected chi connectivity index (χ3v) is 4.69. The summed E-state index contributed by atoms with van der Waals surface area (Å²) < 4.78 is 2.11. The quantitative estimate of drug-likeness (QED) is 0.783. The third-order valence-electron chi connectivity index (χ3n) is 4.69. The first-order valence-electron chi connectivity index (χ1n) is 8.01. The number of hydrogen-bond donors (Lipinski definition) is 1. The van der Waals surface area contributed by atoms with E-state index in [2.05, 4.69) is 4.98 Å². The molecule has 1 fully saturated rings. The number of carbonyl (C=O) groups excluding carboxylic acids is 1. The van der Waals surface area contributed by atoms with Crippen LogP contribution in [0, 0.1) is 5.92 Å². The van der Waals surface area contributed by atoms with Gasteiger partial charge in [-0.25, -0.2) is 4.79 Å². The van der Waals surface area contributed by atoms with Crippen LogP contribution in [-0.2, 0) is 20.5 Å². The summed E-state index contributed by atoms with van der Waals surface area (Å²) in [6, 6.07) is 4.91. The van der Waals surface area contributed by atoms with Crippen molar-refractivity contribution in [3.05, 3.63) is 62.7 Å². The maximum atomic E-state index is 12.7. The molecule has 1 aliphatic heterocycles. The number of hydrogen-bond acceptors (Lipinski definition) is 5. The Bertz CT molecular complexity index is 903. The highest BCUT2D eigenvalue weighted by Gasteiger charge is 2.35. The van der Waals surface area contributed by atoms with Crippen molar-refractivity contribution in [2.75, 3.05) is 13.1 Å². The second kappa shape index (κ2) is 6.64. The smallest absolute Gasteiger partial charge is 0.331 e.